The van der Waals surface area contributed by atoms with Gasteiger partial charge in [-0.15, -0.1) is 0 Å². The summed E-state index contributed by atoms with van der Waals surface area (Å²) in [6.45, 7) is 1.59. The average molecular weight is 295 g/mol. The van der Waals surface area contributed by atoms with Crippen LogP contribution < -0.4 is 5.32 Å². The Hall–Kier alpha value is -2.63. The third-order valence-corrected chi connectivity index (χ3v) is 4.18. The lowest BCUT2D eigenvalue weighted by molar-refractivity contribution is 0.0939. The van der Waals surface area contributed by atoms with Crippen LogP contribution >= 0.6 is 0 Å². The zero-order valence-electron chi connectivity index (χ0n) is 12.1. The first kappa shape index (κ1) is 13.1. The van der Waals surface area contributed by atoms with Crippen molar-refractivity contribution >= 4 is 11.6 Å². The normalized spacial score (nSPS) is 17.4. The molecule has 1 N–H and O–H groups in total. The van der Waals surface area contributed by atoms with E-state index in [0.29, 0.717) is 18.2 Å². The van der Waals surface area contributed by atoms with E-state index in [2.05, 4.69) is 19.9 Å². The van der Waals surface area contributed by atoms with Gasteiger partial charge in [0.1, 0.15) is 17.2 Å². The van der Waals surface area contributed by atoms with Crippen LogP contribution in [0, 0.1) is 5.92 Å². The molecular weight excluding hydrogens is 278 g/mol. The summed E-state index contributed by atoms with van der Waals surface area (Å²) in [5.41, 5.74) is 1.25. The van der Waals surface area contributed by atoms with Gasteiger partial charge >= 0.3 is 0 Å². The molecule has 0 spiro atoms. The molecule has 1 aliphatic heterocycles. The molecule has 0 radical (unpaired) electrons. The quantitative estimate of drug-likeness (QED) is 0.797. The SMILES string of the molecule is O=C(NC[C@@H]1CCc2nccn2C1)c1cn2ccccc2n1. The number of carbonyl (C=O) groups excluding carboxylic acids is 1. The molecular formula is C16H17N5O. The first-order chi connectivity index (χ1) is 10.8. The van der Waals surface area contributed by atoms with Gasteiger partial charge in [0.2, 0.25) is 0 Å². The minimum absolute atomic E-state index is 0.111. The second-order valence-electron chi connectivity index (χ2n) is 5.70. The number of carbonyl (C=O) groups is 1. The van der Waals surface area contributed by atoms with E-state index in [-0.39, 0.29) is 5.91 Å². The number of aryl methyl sites for hydroxylation is 1. The minimum atomic E-state index is -0.111. The van der Waals surface area contributed by atoms with Crippen LogP contribution in [-0.4, -0.2) is 31.4 Å². The highest BCUT2D eigenvalue weighted by Gasteiger charge is 2.20. The van der Waals surface area contributed by atoms with Crippen LogP contribution in [-0.2, 0) is 13.0 Å². The van der Waals surface area contributed by atoms with E-state index in [4.69, 9.17) is 0 Å². The van der Waals surface area contributed by atoms with Gasteiger partial charge in [-0.05, 0) is 24.5 Å². The van der Waals surface area contributed by atoms with Gasteiger partial charge in [-0.1, -0.05) is 6.07 Å². The van der Waals surface area contributed by atoms with Crippen LogP contribution in [0.5, 0.6) is 0 Å². The molecule has 1 atom stereocenters. The van der Waals surface area contributed by atoms with E-state index in [1.54, 1.807) is 6.20 Å². The van der Waals surface area contributed by atoms with Crippen molar-refractivity contribution in [2.75, 3.05) is 6.54 Å². The van der Waals surface area contributed by atoms with Gasteiger partial charge in [-0.25, -0.2) is 9.97 Å². The topological polar surface area (TPSA) is 64.2 Å². The summed E-state index contributed by atoms with van der Waals surface area (Å²) in [5.74, 6) is 1.48. The number of imidazole rings is 2. The third kappa shape index (κ3) is 2.36. The van der Waals surface area contributed by atoms with E-state index in [9.17, 15) is 4.79 Å². The maximum Gasteiger partial charge on any atom is 0.271 e. The Balaban J connectivity index is 1.40. The van der Waals surface area contributed by atoms with Gasteiger partial charge in [-0.2, -0.15) is 0 Å². The Morgan fingerprint density at radius 3 is 3.23 bits per heavy atom. The first-order valence-corrected chi connectivity index (χ1v) is 7.51. The highest BCUT2D eigenvalue weighted by molar-refractivity contribution is 5.92. The van der Waals surface area contributed by atoms with Crippen LogP contribution in [0.3, 0.4) is 0 Å². The number of rotatable bonds is 3. The number of fused-ring (bicyclic) bond motifs is 2. The lowest BCUT2D eigenvalue weighted by Gasteiger charge is -2.23. The van der Waals surface area contributed by atoms with Crippen molar-refractivity contribution in [2.45, 2.75) is 19.4 Å². The van der Waals surface area contributed by atoms with Crippen LogP contribution in [0.25, 0.3) is 5.65 Å². The summed E-state index contributed by atoms with van der Waals surface area (Å²) in [7, 11) is 0. The smallest absolute Gasteiger partial charge is 0.271 e. The zero-order valence-corrected chi connectivity index (χ0v) is 12.1. The van der Waals surface area contributed by atoms with Crippen molar-refractivity contribution in [3.8, 4) is 0 Å². The van der Waals surface area contributed by atoms with Crippen molar-refractivity contribution in [3.63, 3.8) is 0 Å². The van der Waals surface area contributed by atoms with Crippen molar-refractivity contribution in [2.24, 2.45) is 5.92 Å². The van der Waals surface area contributed by atoms with Crippen molar-refractivity contribution in [1.82, 2.24) is 24.3 Å². The summed E-state index contributed by atoms with van der Waals surface area (Å²) in [6, 6.07) is 5.72. The fourth-order valence-corrected chi connectivity index (χ4v) is 2.98. The molecule has 112 valence electrons. The van der Waals surface area contributed by atoms with Gasteiger partial charge in [-0.3, -0.25) is 4.79 Å². The first-order valence-electron chi connectivity index (χ1n) is 7.51. The Labute approximate surface area is 127 Å². The molecule has 0 aliphatic carbocycles. The monoisotopic (exact) mass is 295 g/mol. The molecule has 1 aliphatic rings. The van der Waals surface area contributed by atoms with E-state index in [1.807, 2.05) is 41.2 Å². The number of amides is 1. The summed E-state index contributed by atoms with van der Waals surface area (Å²) in [6.07, 6.45) is 9.53. The molecule has 0 fully saturated rings. The molecule has 3 aromatic rings. The van der Waals surface area contributed by atoms with E-state index in [1.165, 1.54) is 0 Å². The van der Waals surface area contributed by atoms with Crippen molar-refractivity contribution in [1.29, 1.82) is 0 Å². The van der Waals surface area contributed by atoms with Gasteiger partial charge < -0.3 is 14.3 Å². The second-order valence-corrected chi connectivity index (χ2v) is 5.70. The zero-order chi connectivity index (χ0) is 14.9. The standard InChI is InChI=1S/C16H17N5O/c22-16(13-11-20-7-2-1-3-15(20)19-13)18-9-12-4-5-14-17-6-8-21(14)10-12/h1-3,6-8,11-12H,4-5,9-10H2,(H,18,22)/t12-/m0/s1. The number of nitrogens with one attached hydrogen (secondary N) is 1. The molecule has 1 amide bonds. The largest absolute Gasteiger partial charge is 0.350 e. The predicted octanol–water partition coefficient (Wildman–Crippen LogP) is 1.52. The fraction of sp³-hybridized carbons (Fsp3) is 0.312. The number of hydrogen-bond acceptors (Lipinski definition) is 3. The molecule has 0 bridgehead atoms. The van der Waals surface area contributed by atoms with Crippen LogP contribution in [0.2, 0.25) is 0 Å². The van der Waals surface area contributed by atoms with Gasteiger partial charge in [0, 0.05) is 44.3 Å². The minimum Gasteiger partial charge on any atom is -0.350 e. The predicted molar refractivity (Wildman–Crippen MR) is 81.6 cm³/mol. The van der Waals surface area contributed by atoms with Crippen molar-refractivity contribution < 1.29 is 4.79 Å². The molecule has 6 nitrogen and oxygen atoms in total. The number of pyridine rings is 1. The summed E-state index contributed by atoms with van der Waals surface area (Å²) in [4.78, 5) is 20.9. The Morgan fingerprint density at radius 2 is 2.32 bits per heavy atom. The molecule has 22 heavy (non-hydrogen) atoms. The van der Waals surface area contributed by atoms with E-state index >= 15 is 0 Å². The van der Waals surface area contributed by atoms with Crippen LogP contribution in [0.4, 0.5) is 0 Å². The number of aromatic nitrogens is 4. The lowest BCUT2D eigenvalue weighted by atomic mass is 9.99. The summed E-state index contributed by atoms with van der Waals surface area (Å²) >= 11 is 0. The van der Waals surface area contributed by atoms with Crippen LogP contribution in [0.1, 0.15) is 22.7 Å². The molecule has 3 aromatic heterocycles. The molecule has 6 heteroatoms. The van der Waals surface area contributed by atoms with E-state index < -0.39 is 0 Å². The average Bonchev–Trinajstić information content (AvgIpc) is 3.18. The van der Waals surface area contributed by atoms with Gasteiger partial charge in [0.05, 0.1) is 0 Å². The van der Waals surface area contributed by atoms with E-state index in [0.717, 1.165) is 30.9 Å². The maximum absolute atomic E-state index is 12.2. The molecule has 0 aromatic carbocycles. The fourth-order valence-electron chi connectivity index (χ4n) is 2.98. The Kier molecular flexibility index (Phi) is 3.14. The molecule has 0 saturated carbocycles. The maximum atomic E-state index is 12.2. The molecule has 4 rings (SSSR count). The second kappa shape index (κ2) is 5.29. The molecule has 0 unspecified atom stereocenters. The number of hydrogen-bond donors (Lipinski definition) is 1. The van der Waals surface area contributed by atoms with Crippen LogP contribution in [0.15, 0.2) is 43.0 Å². The highest BCUT2D eigenvalue weighted by Crippen LogP contribution is 2.18. The number of nitrogens with zero attached hydrogens (tertiary/aromatic N) is 4. The third-order valence-electron chi connectivity index (χ3n) is 4.18. The Morgan fingerprint density at radius 1 is 1.36 bits per heavy atom. The highest BCUT2D eigenvalue weighted by atomic mass is 16.1. The molecule has 4 heterocycles. The van der Waals surface area contributed by atoms with Crippen molar-refractivity contribution in [3.05, 3.63) is 54.5 Å². The van der Waals surface area contributed by atoms with Gasteiger partial charge in [0.15, 0.2) is 0 Å². The Bertz CT molecular complexity index is 786. The summed E-state index contributed by atoms with van der Waals surface area (Å²) in [5, 5.41) is 3.00. The molecule has 0 saturated heterocycles. The lowest BCUT2D eigenvalue weighted by Crippen LogP contribution is -2.33. The summed E-state index contributed by atoms with van der Waals surface area (Å²) < 4.78 is 4.03. The van der Waals surface area contributed by atoms with Gasteiger partial charge in [0.25, 0.3) is 5.91 Å².